The number of ether oxygens (including phenoxy) is 1. The van der Waals surface area contributed by atoms with Gasteiger partial charge < -0.3 is 14.9 Å². The van der Waals surface area contributed by atoms with Crippen molar-refractivity contribution in [2.45, 2.75) is 11.7 Å². The molecule has 1 aromatic heterocycles. The van der Waals surface area contributed by atoms with Crippen LogP contribution in [-0.2, 0) is 5.33 Å². The molecule has 0 unspecified atom stereocenters. The normalized spacial score (nSPS) is 11.4. The van der Waals surface area contributed by atoms with E-state index in [0.29, 0.717) is 6.07 Å². The van der Waals surface area contributed by atoms with Crippen molar-refractivity contribution in [3.05, 3.63) is 25.4 Å². The summed E-state index contributed by atoms with van der Waals surface area (Å²) in [6.07, 6.45) is -4.90. The van der Waals surface area contributed by atoms with Crippen LogP contribution in [0.4, 0.5) is 19.0 Å². The molecule has 1 rings (SSSR count). The highest BCUT2D eigenvalue weighted by molar-refractivity contribution is 14.1. The minimum absolute atomic E-state index is 0.0717. The molecule has 0 N–H and O–H groups in total. The number of alkyl halides is 4. The van der Waals surface area contributed by atoms with E-state index < -0.39 is 22.9 Å². The monoisotopic (exact) mass is 426 g/mol. The van der Waals surface area contributed by atoms with E-state index in [1.54, 1.807) is 22.6 Å². The van der Waals surface area contributed by atoms with E-state index in [0.717, 1.165) is 0 Å². The molecule has 0 fully saturated rings. The van der Waals surface area contributed by atoms with Gasteiger partial charge in [0.15, 0.2) is 11.4 Å². The zero-order valence-electron chi connectivity index (χ0n) is 7.79. The maximum Gasteiger partial charge on any atom is 0.573 e. The molecule has 94 valence electrons. The number of hydrogen-bond donors (Lipinski definition) is 0. The maximum atomic E-state index is 12.1. The van der Waals surface area contributed by atoms with Gasteiger partial charge in [-0.1, -0.05) is 15.9 Å². The highest BCUT2D eigenvalue weighted by atomic mass is 127. The summed E-state index contributed by atoms with van der Waals surface area (Å²) in [6.45, 7) is 0. The Hall–Kier alpha value is -0.650. The fourth-order valence-corrected chi connectivity index (χ4v) is 2.43. The van der Waals surface area contributed by atoms with Crippen LogP contribution in [0.1, 0.15) is 5.69 Å². The van der Waals surface area contributed by atoms with Gasteiger partial charge in [0.2, 0.25) is 0 Å². The van der Waals surface area contributed by atoms with Gasteiger partial charge in [-0.15, -0.1) is 13.2 Å². The lowest BCUT2D eigenvalue weighted by Gasteiger charge is -2.10. The minimum atomic E-state index is -4.90. The third-order valence-electron chi connectivity index (χ3n) is 1.52. The van der Waals surface area contributed by atoms with Crippen LogP contribution < -0.4 is 4.74 Å². The fourth-order valence-electron chi connectivity index (χ4n) is 0.923. The van der Waals surface area contributed by atoms with Gasteiger partial charge in [-0.25, -0.2) is 0 Å². The second-order valence-corrected chi connectivity index (χ2v) is 4.32. The van der Waals surface area contributed by atoms with Crippen molar-refractivity contribution in [3.63, 3.8) is 0 Å². The van der Waals surface area contributed by atoms with Gasteiger partial charge in [0.1, 0.15) is 3.57 Å². The summed E-state index contributed by atoms with van der Waals surface area (Å²) >= 11 is 4.56. The molecular formula is C7H3BrF3IN2O3. The van der Waals surface area contributed by atoms with Crippen LogP contribution in [0.5, 0.6) is 5.75 Å². The zero-order chi connectivity index (χ0) is 13.2. The van der Waals surface area contributed by atoms with Gasteiger partial charge in [-0.2, -0.15) is 0 Å². The van der Waals surface area contributed by atoms with Crippen LogP contribution in [0.2, 0.25) is 0 Å². The first-order chi connectivity index (χ1) is 7.74. The van der Waals surface area contributed by atoms with Crippen LogP contribution in [0.15, 0.2) is 6.07 Å². The summed E-state index contributed by atoms with van der Waals surface area (Å²) in [5, 5.41) is 10.6. The molecule has 1 heterocycles. The van der Waals surface area contributed by atoms with Crippen LogP contribution in [0.3, 0.4) is 0 Å². The SMILES string of the molecule is O=[N+]([O-])c1cc(OC(F)(F)F)c(I)c(CBr)n1. The molecule has 0 spiro atoms. The first kappa shape index (κ1) is 14.4. The lowest BCUT2D eigenvalue weighted by atomic mass is 10.3. The van der Waals surface area contributed by atoms with Crippen molar-refractivity contribution in [1.82, 2.24) is 4.98 Å². The Morgan fingerprint density at radius 3 is 2.59 bits per heavy atom. The van der Waals surface area contributed by atoms with Gasteiger partial charge in [0.05, 0.1) is 11.4 Å². The van der Waals surface area contributed by atoms with E-state index in [-0.39, 0.29) is 14.6 Å². The standard InChI is InChI=1S/C7H3BrF3IN2O3/c8-2-3-6(12)4(17-7(9,10)11)1-5(13-3)14(15)16/h1H,2H2. The lowest BCUT2D eigenvalue weighted by Crippen LogP contribution is -2.18. The molecule has 0 amide bonds. The maximum absolute atomic E-state index is 12.1. The topological polar surface area (TPSA) is 65.3 Å². The number of aromatic nitrogens is 1. The molecule has 1 aromatic rings. The Balaban J connectivity index is 3.28. The summed E-state index contributed by atoms with van der Waals surface area (Å²) in [6, 6.07) is 0.640. The zero-order valence-corrected chi connectivity index (χ0v) is 11.5. The van der Waals surface area contributed by atoms with E-state index in [1.165, 1.54) is 0 Å². The predicted molar refractivity (Wildman–Crippen MR) is 62.9 cm³/mol. The first-order valence-electron chi connectivity index (χ1n) is 3.90. The quantitative estimate of drug-likeness (QED) is 0.321. The summed E-state index contributed by atoms with van der Waals surface area (Å²) in [5.74, 6) is -1.33. The largest absolute Gasteiger partial charge is 0.573 e. The Morgan fingerprint density at radius 2 is 2.18 bits per heavy atom. The number of nitrogens with zero attached hydrogens (tertiary/aromatic N) is 2. The Bertz CT molecular complexity index is 455. The number of pyridine rings is 1. The molecule has 0 saturated carbocycles. The fraction of sp³-hybridized carbons (Fsp3) is 0.286. The van der Waals surface area contributed by atoms with E-state index in [9.17, 15) is 23.3 Å². The average Bonchev–Trinajstić information content (AvgIpc) is 2.18. The van der Waals surface area contributed by atoms with Crippen molar-refractivity contribution >= 4 is 44.3 Å². The number of nitro groups is 1. The van der Waals surface area contributed by atoms with Gasteiger partial charge in [0, 0.05) is 0 Å². The van der Waals surface area contributed by atoms with Crippen LogP contribution >= 0.6 is 38.5 Å². The smallest absolute Gasteiger partial charge is 0.404 e. The van der Waals surface area contributed by atoms with Gasteiger partial charge in [0.25, 0.3) is 0 Å². The van der Waals surface area contributed by atoms with Crippen molar-refractivity contribution < 1.29 is 22.8 Å². The molecule has 0 aliphatic rings. The summed E-state index contributed by atoms with van der Waals surface area (Å²) in [4.78, 5) is 13.2. The van der Waals surface area contributed by atoms with Crippen LogP contribution in [0, 0.1) is 13.7 Å². The molecule has 5 nitrogen and oxygen atoms in total. The highest BCUT2D eigenvalue weighted by Gasteiger charge is 2.34. The molecule has 0 bridgehead atoms. The Labute approximate surface area is 115 Å². The minimum Gasteiger partial charge on any atom is -0.404 e. The molecule has 17 heavy (non-hydrogen) atoms. The molecule has 0 radical (unpaired) electrons. The Kier molecular flexibility index (Phi) is 4.52. The second-order valence-electron chi connectivity index (χ2n) is 2.68. The second kappa shape index (κ2) is 5.33. The van der Waals surface area contributed by atoms with E-state index in [1.807, 2.05) is 0 Å². The average molecular weight is 427 g/mol. The number of halogens is 5. The number of hydrogen-bond acceptors (Lipinski definition) is 4. The lowest BCUT2D eigenvalue weighted by molar-refractivity contribution is -0.389. The molecule has 0 saturated heterocycles. The Morgan fingerprint density at radius 1 is 1.59 bits per heavy atom. The molecule has 0 aliphatic carbocycles. The molecule has 0 aliphatic heterocycles. The first-order valence-corrected chi connectivity index (χ1v) is 6.10. The summed E-state index contributed by atoms with van der Waals surface area (Å²) in [7, 11) is 0. The van der Waals surface area contributed by atoms with Crippen molar-refractivity contribution in [2.75, 3.05) is 0 Å². The van der Waals surface area contributed by atoms with Crippen molar-refractivity contribution in [2.24, 2.45) is 0 Å². The van der Waals surface area contributed by atoms with Gasteiger partial charge in [-0.3, -0.25) is 0 Å². The molecular weight excluding hydrogens is 424 g/mol. The summed E-state index contributed by atoms with van der Waals surface area (Å²) < 4.78 is 40.0. The predicted octanol–water partition coefficient (Wildman–Crippen LogP) is 3.39. The third-order valence-corrected chi connectivity index (χ3v) is 3.20. The molecule has 10 heteroatoms. The van der Waals surface area contributed by atoms with Crippen LogP contribution in [-0.4, -0.2) is 16.3 Å². The highest BCUT2D eigenvalue weighted by Crippen LogP contribution is 2.32. The third kappa shape index (κ3) is 3.94. The van der Waals surface area contributed by atoms with Crippen molar-refractivity contribution in [3.8, 4) is 5.75 Å². The van der Waals surface area contributed by atoms with E-state index >= 15 is 0 Å². The van der Waals surface area contributed by atoms with Gasteiger partial charge >= 0.3 is 12.2 Å². The van der Waals surface area contributed by atoms with Crippen molar-refractivity contribution in [1.29, 1.82) is 0 Å². The van der Waals surface area contributed by atoms with Crippen LogP contribution in [0.25, 0.3) is 0 Å². The van der Waals surface area contributed by atoms with Gasteiger partial charge in [-0.05, 0) is 32.5 Å². The molecule has 0 aromatic carbocycles. The number of rotatable bonds is 3. The van der Waals surface area contributed by atoms with E-state index in [2.05, 4.69) is 25.7 Å². The van der Waals surface area contributed by atoms with E-state index in [4.69, 9.17) is 0 Å². The molecule has 0 atom stereocenters. The summed E-state index contributed by atoms with van der Waals surface area (Å²) in [5.41, 5.74) is 0.110.